The highest BCUT2D eigenvalue weighted by molar-refractivity contribution is 5.78. The average Bonchev–Trinajstić information content (AvgIpc) is 2.17. The first-order chi connectivity index (χ1) is 6.96. The molecule has 0 amide bonds. The fraction of sp³-hybridized carbons (Fsp3) is 0.909. The fourth-order valence-corrected chi connectivity index (χ4v) is 1.53. The van der Waals surface area contributed by atoms with Crippen molar-refractivity contribution in [2.24, 2.45) is 0 Å². The van der Waals surface area contributed by atoms with Gasteiger partial charge in [-0.05, 0) is 53.4 Å². The molecular weight excluding hydrogens is 192 g/mol. The highest BCUT2D eigenvalue weighted by atomic mass is 16.4. The number of hydrogen-bond donors (Lipinski definition) is 2. The molecule has 2 N–H and O–H groups in total. The van der Waals surface area contributed by atoms with Crippen molar-refractivity contribution in [2.75, 3.05) is 27.2 Å². The third kappa shape index (κ3) is 5.14. The Morgan fingerprint density at radius 3 is 2.47 bits per heavy atom. The molecule has 15 heavy (non-hydrogen) atoms. The second kappa shape index (κ2) is 6.80. The lowest BCUT2D eigenvalue weighted by Gasteiger charge is -2.25. The van der Waals surface area contributed by atoms with E-state index in [4.69, 9.17) is 5.11 Å². The molecule has 0 aliphatic heterocycles. The zero-order chi connectivity index (χ0) is 11.9. The summed E-state index contributed by atoms with van der Waals surface area (Å²) >= 11 is 0. The van der Waals surface area contributed by atoms with Crippen LogP contribution in [0.1, 0.15) is 33.1 Å². The zero-order valence-electron chi connectivity index (χ0n) is 10.3. The molecule has 0 aromatic carbocycles. The van der Waals surface area contributed by atoms with E-state index in [9.17, 15) is 4.79 Å². The lowest BCUT2D eigenvalue weighted by Crippen LogP contribution is -2.47. The van der Waals surface area contributed by atoms with E-state index >= 15 is 0 Å². The highest BCUT2D eigenvalue weighted by Crippen LogP contribution is 2.12. The maximum Gasteiger partial charge on any atom is 0.323 e. The van der Waals surface area contributed by atoms with Crippen molar-refractivity contribution in [1.82, 2.24) is 10.2 Å². The van der Waals surface area contributed by atoms with Crippen molar-refractivity contribution < 1.29 is 9.90 Å². The van der Waals surface area contributed by atoms with E-state index < -0.39 is 11.5 Å². The molecule has 0 spiro atoms. The van der Waals surface area contributed by atoms with Gasteiger partial charge in [-0.1, -0.05) is 6.92 Å². The predicted molar refractivity (Wildman–Crippen MR) is 62.1 cm³/mol. The first-order valence-corrected chi connectivity index (χ1v) is 5.57. The van der Waals surface area contributed by atoms with Gasteiger partial charge in [0, 0.05) is 0 Å². The van der Waals surface area contributed by atoms with Gasteiger partial charge in [-0.3, -0.25) is 4.79 Å². The number of aliphatic carboxylic acids is 1. The first kappa shape index (κ1) is 14.4. The minimum absolute atomic E-state index is 0.660. The molecular formula is C11H24N2O2. The Hall–Kier alpha value is -0.610. The highest BCUT2D eigenvalue weighted by Gasteiger charge is 2.30. The summed E-state index contributed by atoms with van der Waals surface area (Å²) in [7, 11) is 3.77. The summed E-state index contributed by atoms with van der Waals surface area (Å²) in [5.74, 6) is -0.775. The number of rotatable bonds is 8. The van der Waals surface area contributed by atoms with Gasteiger partial charge < -0.3 is 15.3 Å². The van der Waals surface area contributed by atoms with Gasteiger partial charge in [-0.2, -0.15) is 0 Å². The topological polar surface area (TPSA) is 52.6 Å². The number of carbonyl (C=O) groups is 1. The second-order valence-corrected chi connectivity index (χ2v) is 4.29. The Kier molecular flexibility index (Phi) is 6.52. The Bertz CT molecular complexity index is 197. The van der Waals surface area contributed by atoms with Crippen molar-refractivity contribution in [3.05, 3.63) is 0 Å². The van der Waals surface area contributed by atoms with E-state index in [1.807, 2.05) is 0 Å². The van der Waals surface area contributed by atoms with E-state index in [-0.39, 0.29) is 0 Å². The number of carboxylic acid groups (broad SMARTS) is 1. The molecule has 4 nitrogen and oxygen atoms in total. The molecule has 0 saturated carbocycles. The van der Waals surface area contributed by atoms with Crippen molar-refractivity contribution in [2.45, 2.75) is 38.6 Å². The van der Waals surface area contributed by atoms with Crippen LogP contribution in [0.4, 0.5) is 0 Å². The Labute approximate surface area is 92.7 Å². The maximum absolute atomic E-state index is 11.0. The third-order valence-electron chi connectivity index (χ3n) is 2.85. The first-order valence-electron chi connectivity index (χ1n) is 5.57. The molecule has 0 fully saturated rings. The molecule has 90 valence electrons. The molecule has 0 rings (SSSR count). The summed E-state index contributed by atoms with van der Waals surface area (Å²) < 4.78 is 0. The van der Waals surface area contributed by atoms with Gasteiger partial charge in [-0.15, -0.1) is 0 Å². The van der Waals surface area contributed by atoms with Crippen molar-refractivity contribution in [3.8, 4) is 0 Å². The molecule has 0 aromatic heterocycles. The molecule has 1 unspecified atom stereocenters. The summed E-state index contributed by atoms with van der Waals surface area (Å²) in [6, 6.07) is 0. The molecule has 4 heteroatoms. The van der Waals surface area contributed by atoms with Crippen LogP contribution < -0.4 is 5.32 Å². The van der Waals surface area contributed by atoms with E-state index in [0.717, 1.165) is 25.9 Å². The number of nitrogens with one attached hydrogen (secondary N) is 1. The summed E-state index contributed by atoms with van der Waals surface area (Å²) in [4.78, 5) is 13.2. The minimum Gasteiger partial charge on any atom is -0.480 e. The van der Waals surface area contributed by atoms with Crippen LogP contribution in [0, 0.1) is 0 Å². The Morgan fingerprint density at radius 1 is 1.47 bits per heavy atom. The third-order valence-corrected chi connectivity index (χ3v) is 2.85. The average molecular weight is 216 g/mol. The van der Waals surface area contributed by atoms with Crippen molar-refractivity contribution in [1.29, 1.82) is 0 Å². The zero-order valence-corrected chi connectivity index (χ0v) is 10.3. The summed E-state index contributed by atoms with van der Waals surface area (Å²) in [6.07, 6.45) is 2.70. The molecule has 0 bridgehead atoms. The van der Waals surface area contributed by atoms with E-state index in [1.54, 1.807) is 14.0 Å². The molecule has 0 saturated heterocycles. The van der Waals surface area contributed by atoms with E-state index in [1.165, 1.54) is 0 Å². The van der Waals surface area contributed by atoms with Gasteiger partial charge in [0.25, 0.3) is 0 Å². The maximum atomic E-state index is 11.0. The minimum atomic E-state index is -0.785. The van der Waals surface area contributed by atoms with Crippen LogP contribution in [0.3, 0.4) is 0 Å². The SMILES string of the molecule is CCCN(C)CCCC(C)(NC)C(=O)O. The van der Waals surface area contributed by atoms with Gasteiger partial charge in [-0.25, -0.2) is 0 Å². The van der Waals surface area contributed by atoms with Gasteiger partial charge in [0.2, 0.25) is 0 Å². The van der Waals surface area contributed by atoms with Crippen LogP contribution in [-0.4, -0.2) is 48.7 Å². The van der Waals surface area contributed by atoms with Crippen LogP contribution in [-0.2, 0) is 4.79 Å². The van der Waals surface area contributed by atoms with Gasteiger partial charge >= 0.3 is 5.97 Å². The smallest absolute Gasteiger partial charge is 0.323 e. The van der Waals surface area contributed by atoms with Crippen LogP contribution >= 0.6 is 0 Å². The monoisotopic (exact) mass is 216 g/mol. The summed E-state index contributed by atoms with van der Waals surface area (Å²) in [5, 5.41) is 11.9. The fourth-order valence-electron chi connectivity index (χ4n) is 1.53. The molecule has 1 atom stereocenters. The lowest BCUT2D eigenvalue weighted by molar-refractivity contribution is -0.144. The molecule has 0 aliphatic rings. The van der Waals surface area contributed by atoms with E-state index in [2.05, 4.69) is 24.2 Å². The standard InChI is InChI=1S/C11H24N2O2/c1-5-8-13(4)9-6-7-11(2,12-3)10(14)15/h12H,5-9H2,1-4H3,(H,14,15). The van der Waals surface area contributed by atoms with Crippen molar-refractivity contribution >= 4 is 5.97 Å². The Balaban J connectivity index is 3.87. The van der Waals surface area contributed by atoms with Crippen LogP contribution in [0.5, 0.6) is 0 Å². The molecule has 0 aromatic rings. The van der Waals surface area contributed by atoms with Crippen LogP contribution in [0.25, 0.3) is 0 Å². The van der Waals surface area contributed by atoms with Gasteiger partial charge in [0.1, 0.15) is 5.54 Å². The quantitative estimate of drug-likeness (QED) is 0.639. The Morgan fingerprint density at radius 2 is 2.07 bits per heavy atom. The molecule has 0 aliphatic carbocycles. The normalized spacial score (nSPS) is 15.3. The second-order valence-electron chi connectivity index (χ2n) is 4.29. The number of nitrogens with zero attached hydrogens (tertiary/aromatic N) is 1. The van der Waals surface area contributed by atoms with E-state index in [0.29, 0.717) is 6.42 Å². The van der Waals surface area contributed by atoms with Gasteiger partial charge in [0.15, 0.2) is 0 Å². The molecule has 0 radical (unpaired) electrons. The predicted octanol–water partition coefficient (Wildman–Crippen LogP) is 1.17. The van der Waals surface area contributed by atoms with Crippen LogP contribution in [0.2, 0.25) is 0 Å². The lowest BCUT2D eigenvalue weighted by atomic mass is 9.96. The number of hydrogen-bond acceptors (Lipinski definition) is 3. The number of carboxylic acids is 1. The number of likely N-dealkylation sites (N-methyl/N-ethyl adjacent to an activating group) is 1. The van der Waals surface area contributed by atoms with Gasteiger partial charge in [0.05, 0.1) is 0 Å². The van der Waals surface area contributed by atoms with Crippen molar-refractivity contribution in [3.63, 3.8) is 0 Å². The largest absolute Gasteiger partial charge is 0.480 e. The summed E-state index contributed by atoms with van der Waals surface area (Å²) in [5.41, 5.74) is -0.785. The van der Waals surface area contributed by atoms with Crippen LogP contribution in [0.15, 0.2) is 0 Å². The molecule has 0 heterocycles. The summed E-state index contributed by atoms with van der Waals surface area (Å²) in [6.45, 7) is 5.91.